The molecule has 2 nitrogen and oxygen atoms in total. The van der Waals surface area contributed by atoms with Gasteiger partial charge in [-0.2, -0.15) is 0 Å². The quantitative estimate of drug-likeness (QED) is 0.718. The van der Waals surface area contributed by atoms with Gasteiger partial charge < -0.3 is 4.98 Å². The van der Waals surface area contributed by atoms with Crippen LogP contribution in [0, 0.1) is 6.92 Å². The molecule has 0 aromatic carbocycles. The van der Waals surface area contributed by atoms with Gasteiger partial charge in [-0.15, -0.1) is 0 Å². The van der Waals surface area contributed by atoms with Crippen molar-refractivity contribution in [2.24, 2.45) is 0 Å². The predicted octanol–water partition coefficient (Wildman–Crippen LogP) is 2.63. The molecule has 11 heavy (non-hydrogen) atoms. The van der Waals surface area contributed by atoms with Crippen molar-refractivity contribution < 1.29 is 5.52 Å². The maximum Gasteiger partial charge on any atom is 0.168 e. The first-order valence-electron chi connectivity index (χ1n) is 5.03. The molecule has 0 aliphatic rings. The second kappa shape index (κ2) is 2.34. The van der Waals surface area contributed by atoms with E-state index in [9.17, 15) is 0 Å². The molecule has 2 aromatic heterocycles. The number of aromatic nitrogens is 2. The molecule has 0 bridgehead atoms. The zero-order valence-electron chi connectivity index (χ0n) is 9.77. The van der Waals surface area contributed by atoms with Gasteiger partial charge in [0.05, 0.1) is 4.11 Å². The average molecular weight is 215 g/mol. The predicted molar refractivity (Wildman–Crippen MR) is 48.5 cm³/mol. The topological polar surface area (TPSA) is 28.7 Å². The Balaban J connectivity index is 3.06. The molecule has 0 aliphatic carbocycles. The van der Waals surface area contributed by atoms with E-state index in [0.29, 0.717) is 11.1 Å². The van der Waals surface area contributed by atoms with E-state index in [0.717, 1.165) is 4.98 Å². The SMILES string of the molecule is [2H]c1nc2c(c([2H])c1Br)c([2H])c(C)n2[2H]. The van der Waals surface area contributed by atoms with E-state index in [1.807, 2.05) is 0 Å². The zero-order chi connectivity index (χ0) is 11.3. The normalized spacial score (nSPS) is 15.8. The lowest BCUT2D eigenvalue weighted by Gasteiger charge is -1.88. The summed E-state index contributed by atoms with van der Waals surface area (Å²) in [6.07, 6.45) is -0.0847. The van der Waals surface area contributed by atoms with E-state index in [2.05, 4.69) is 20.9 Å². The van der Waals surface area contributed by atoms with Crippen LogP contribution < -0.4 is 0 Å². The fourth-order valence-corrected chi connectivity index (χ4v) is 1.17. The zero-order valence-corrected chi connectivity index (χ0v) is 7.36. The van der Waals surface area contributed by atoms with Gasteiger partial charge in [0.15, 0.2) is 1.41 Å². The molecule has 0 radical (unpaired) electrons. The number of hydrogen-bond acceptors (Lipinski definition) is 1. The third-order valence-corrected chi connectivity index (χ3v) is 1.67. The second-order valence-electron chi connectivity index (χ2n) is 2.18. The first-order chi connectivity index (χ1) is 6.95. The standard InChI is InChI=1S/C8H7BrN2/c1-5-2-6-3-7(9)4-10-8(6)11-5/h2-4H,1H3,(H,10,11)/i2D,3D,4D/hD. The van der Waals surface area contributed by atoms with E-state index in [1.54, 1.807) is 6.92 Å². The molecule has 0 atom stereocenters. The third-order valence-electron chi connectivity index (χ3n) is 1.30. The minimum Gasteiger partial charge on any atom is -0.344 e. The fraction of sp³-hybridized carbons (Fsp3) is 0.125. The van der Waals surface area contributed by atoms with Crippen molar-refractivity contribution >= 4 is 27.0 Å². The summed E-state index contributed by atoms with van der Waals surface area (Å²) in [5.74, 6) is 0. The van der Waals surface area contributed by atoms with Crippen molar-refractivity contribution in [3.8, 4) is 0 Å². The number of pyridine rings is 1. The number of halogens is 1. The Labute approximate surface area is 78.5 Å². The summed E-state index contributed by atoms with van der Waals surface area (Å²) in [6.45, 7) is 1.62. The molecule has 3 heteroatoms. The number of nitrogens with zero attached hydrogens (tertiary/aromatic N) is 1. The summed E-state index contributed by atoms with van der Waals surface area (Å²) in [6, 6.07) is 0.169. The van der Waals surface area contributed by atoms with Crippen molar-refractivity contribution in [1.82, 2.24) is 9.96 Å². The molecule has 0 saturated heterocycles. The number of H-pyrrole nitrogens is 1. The third kappa shape index (κ3) is 1.16. The molecule has 56 valence electrons. The second-order valence-corrected chi connectivity index (χ2v) is 2.98. The van der Waals surface area contributed by atoms with Gasteiger partial charge in [0, 0.05) is 21.7 Å². The highest BCUT2D eigenvalue weighted by Crippen LogP contribution is 2.17. The Kier molecular flexibility index (Phi) is 0.791. The molecule has 0 unspecified atom stereocenters. The summed E-state index contributed by atoms with van der Waals surface area (Å²) < 4.78 is 30.9. The molecule has 0 aliphatic heterocycles. The summed E-state index contributed by atoms with van der Waals surface area (Å²) in [7, 11) is 0. The van der Waals surface area contributed by atoms with Crippen molar-refractivity contribution in [1.29, 1.82) is 0 Å². The van der Waals surface area contributed by atoms with E-state index in [4.69, 9.17) is 5.52 Å². The largest absolute Gasteiger partial charge is 0.344 e. The Hall–Kier alpha value is -0.830. The van der Waals surface area contributed by atoms with Crippen LogP contribution in [0.3, 0.4) is 0 Å². The van der Waals surface area contributed by atoms with Crippen LogP contribution in [0.2, 0.25) is 1.41 Å². The summed E-state index contributed by atoms with van der Waals surface area (Å²) in [5, 5.41) is 0.311. The maximum absolute atomic E-state index is 7.76. The van der Waals surface area contributed by atoms with Gasteiger partial charge in [-0.3, -0.25) is 0 Å². The highest BCUT2D eigenvalue weighted by molar-refractivity contribution is 9.10. The van der Waals surface area contributed by atoms with E-state index in [-0.39, 0.29) is 28.4 Å². The van der Waals surface area contributed by atoms with E-state index < -0.39 is 0 Å². The van der Waals surface area contributed by atoms with E-state index in [1.165, 1.54) is 0 Å². The van der Waals surface area contributed by atoms with Crippen LogP contribution in [0.25, 0.3) is 11.0 Å². The van der Waals surface area contributed by atoms with Crippen molar-refractivity contribution in [3.05, 3.63) is 28.4 Å². The van der Waals surface area contributed by atoms with Crippen LogP contribution in [0.5, 0.6) is 0 Å². The van der Waals surface area contributed by atoms with Gasteiger partial charge in [0.1, 0.15) is 5.65 Å². The van der Waals surface area contributed by atoms with E-state index >= 15 is 0 Å². The Morgan fingerprint density at radius 2 is 2.55 bits per heavy atom. The molecule has 1 N–H and O–H groups in total. The van der Waals surface area contributed by atoms with Gasteiger partial charge in [-0.25, -0.2) is 4.98 Å². The highest BCUT2D eigenvalue weighted by Gasteiger charge is 1.97. The lowest BCUT2D eigenvalue weighted by molar-refractivity contribution is 1.25. The lowest BCUT2D eigenvalue weighted by atomic mass is 10.3. The van der Waals surface area contributed by atoms with Crippen LogP contribution in [0.4, 0.5) is 0 Å². The first kappa shape index (κ1) is 3.72. The number of hydrogen-bond donors (Lipinski definition) is 1. The number of fused-ring (bicyclic) bond motifs is 1. The van der Waals surface area contributed by atoms with Gasteiger partial charge in [-0.05, 0) is 34.9 Å². The molecule has 0 saturated carbocycles. The monoisotopic (exact) mass is 214 g/mol. The van der Waals surface area contributed by atoms with Crippen LogP contribution in [-0.2, 0) is 0 Å². The number of aromatic amines is 1. The van der Waals surface area contributed by atoms with Crippen molar-refractivity contribution in [2.75, 3.05) is 0 Å². The van der Waals surface area contributed by atoms with Crippen molar-refractivity contribution in [2.45, 2.75) is 6.92 Å². The van der Waals surface area contributed by atoms with Gasteiger partial charge in [0.25, 0.3) is 0 Å². The fourth-order valence-electron chi connectivity index (χ4n) is 0.887. The maximum atomic E-state index is 7.76. The summed E-state index contributed by atoms with van der Waals surface area (Å²) in [4.78, 5) is 4.86. The molecule has 0 amide bonds. The number of rotatable bonds is 0. The van der Waals surface area contributed by atoms with Crippen LogP contribution in [-0.4, -0.2) is 9.96 Å². The van der Waals surface area contributed by atoms with Crippen LogP contribution in [0.1, 0.15) is 9.81 Å². The molecular weight excluding hydrogens is 204 g/mol. The number of nitrogens with one attached hydrogen (secondary N) is 1. The highest BCUT2D eigenvalue weighted by atomic mass is 79.9. The minimum absolute atomic E-state index is 0.0455. The molecule has 0 fully saturated rings. The van der Waals surface area contributed by atoms with Crippen molar-refractivity contribution in [3.63, 3.8) is 0 Å². The lowest BCUT2D eigenvalue weighted by Crippen LogP contribution is -1.74. The van der Waals surface area contributed by atoms with Crippen LogP contribution in [0.15, 0.2) is 22.7 Å². The molecule has 2 aromatic rings. The smallest absolute Gasteiger partial charge is 0.168 e. The average Bonchev–Trinajstić information content (AvgIpc) is 2.40. The van der Waals surface area contributed by atoms with Crippen LogP contribution >= 0.6 is 15.9 Å². The Bertz CT molecular complexity index is 564. The Morgan fingerprint density at radius 3 is 3.36 bits per heavy atom. The first-order valence-corrected chi connectivity index (χ1v) is 3.88. The minimum atomic E-state index is -0.0847. The van der Waals surface area contributed by atoms with Gasteiger partial charge >= 0.3 is 0 Å². The summed E-state index contributed by atoms with van der Waals surface area (Å²) in [5.41, 5.74) is 0.610. The molecular formula is C8H7BrN2. The summed E-state index contributed by atoms with van der Waals surface area (Å²) >= 11 is 3.08. The molecule has 0 spiro atoms. The molecule has 2 heterocycles. The van der Waals surface area contributed by atoms with Gasteiger partial charge in [0.2, 0.25) is 0 Å². The Morgan fingerprint density at radius 1 is 1.73 bits per heavy atom. The molecule has 2 rings (SSSR count). The van der Waals surface area contributed by atoms with Gasteiger partial charge in [-0.1, -0.05) is 0 Å².